The van der Waals surface area contributed by atoms with E-state index in [1.165, 1.54) is 0 Å². The van der Waals surface area contributed by atoms with Gasteiger partial charge in [0.05, 0.1) is 6.54 Å². The maximum atomic E-state index is 13.4. The minimum absolute atomic E-state index is 0.00588. The van der Waals surface area contributed by atoms with Crippen molar-refractivity contribution in [1.29, 1.82) is 0 Å². The third kappa shape index (κ3) is 15.1. The molecule has 48 heavy (non-hydrogen) atoms. The Morgan fingerprint density at radius 3 is 1.94 bits per heavy atom. The fraction of sp³-hybridized carbons (Fsp3) is 0.690. The van der Waals surface area contributed by atoms with Crippen molar-refractivity contribution in [2.24, 2.45) is 39.9 Å². The van der Waals surface area contributed by atoms with Crippen LogP contribution < -0.4 is 49.5 Å². The molecule has 0 saturated heterocycles. The molecule has 1 rings (SSSR count). The second kappa shape index (κ2) is 20.3. The zero-order chi connectivity index (χ0) is 36.6. The number of carbonyl (C=O) groups excluding carboxylic acids is 6. The summed E-state index contributed by atoms with van der Waals surface area (Å²) >= 11 is 0. The third-order valence-electron chi connectivity index (χ3n) is 7.23. The quantitative estimate of drug-likeness (QED) is 0.0375. The Labute approximate surface area is 280 Å². The summed E-state index contributed by atoms with van der Waals surface area (Å²) in [5.41, 5.74) is 21.7. The van der Waals surface area contributed by atoms with Crippen molar-refractivity contribution < 1.29 is 28.8 Å². The van der Waals surface area contributed by atoms with Crippen LogP contribution in [0.5, 0.6) is 0 Å². The Morgan fingerprint density at radius 1 is 0.812 bits per heavy atom. The molecule has 19 heteroatoms. The first kappa shape index (κ1) is 41.1. The molecule has 270 valence electrons. The predicted octanol–water partition coefficient (Wildman–Crippen LogP) is -2.27. The number of nitrogens with one attached hydrogen (secondary N) is 6. The van der Waals surface area contributed by atoms with Crippen molar-refractivity contribution in [2.75, 3.05) is 18.8 Å². The molecule has 0 aliphatic heterocycles. The molecular formula is C29H53N13O6. The number of H-pyrrole nitrogens is 1. The Kier molecular flexibility index (Phi) is 17.4. The molecule has 0 aromatic carbocycles. The van der Waals surface area contributed by atoms with Crippen LogP contribution in [0, 0.1) is 17.8 Å². The molecule has 0 bridgehead atoms. The number of hydrogen-bond donors (Lipinski definition) is 10. The number of nitrogens with zero attached hydrogens (tertiary/aromatic N) is 3. The Morgan fingerprint density at radius 2 is 1.42 bits per heavy atom. The Balaban J connectivity index is 3.00. The number of aromatic amines is 1. The van der Waals surface area contributed by atoms with Crippen molar-refractivity contribution in [3.63, 3.8) is 0 Å². The van der Waals surface area contributed by atoms with Gasteiger partial charge < -0.3 is 49.5 Å². The summed E-state index contributed by atoms with van der Waals surface area (Å²) in [5.74, 6) is -4.78. The molecule has 0 saturated carbocycles. The van der Waals surface area contributed by atoms with Gasteiger partial charge in [0.2, 0.25) is 41.3 Å². The van der Waals surface area contributed by atoms with Crippen LogP contribution in [0.4, 0.5) is 5.95 Å². The van der Waals surface area contributed by atoms with E-state index in [-0.39, 0.29) is 54.9 Å². The molecule has 19 nitrogen and oxygen atoms in total. The smallest absolute Gasteiger partial charge is 0.289 e. The Bertz CT molecular complexity index is 1280. The highest BCUT2D eigenvalue weighted by molar-refractivity contribution is 5.97. The molecule has 1 aromatic rings. The number of nitrogen functional groups attached to an aromatic ring is 1. The lowest BCUT2D eigenvalue weighted by molar-refractivity contribution is -0.133. The second-order valence-corrected chi connectivity index (χ2v) is 12.4. The lowest BCUT2D eigenvalue weighted by Crippen LogP contribution is -2.57. The van der Waals surface area contributed by atoms with Gasteiger partial charge in [-0.1, -0.05) is 48.0 Å². The first-order valence-corrected chi connectivity index (χ1v) is 16.0. The average Bonchev–Trinajstić information content (AvgIpc) is 3.44. The van der Waals surface area contributed by atoms with Gasteiger partial charge in [0, 0.05) is 6.54 Å². The number of carbonyl (C=O) groups is 6. The van der Waals surface area contributed by atoms with E-state index in [0.717, 1.165) is 0 Å². The highest BCUT2D eigenvalue weighted by Gasteiger charge is 2.32. The lowest BCUT2D eigenvalue weighted by atomic mass is 9.96. The summed E-state index contributed by atoms with van der Waals surface area (Å²) in [6.07, 6.45) is 1.47. The van der Waals surface area contributed by atoms with Gasteiger partial charge in [-0.3, -0.25) is 38.9 Å². The number of aromatic nitrogens is 3. The number of hydrogen-bond acceptors (Lipinski definition) is 10. The van der Waals surface area contributed by atoms with E-state index >= 15 is 0 Å². The average molecular weight is 680 g/mol. The molecule has 0 spiro atoms. The number of guanidine groups is 1. The van der Waals surface area contributed by atoms with Gasteiger partial charge in [-0.05, 0) is 43.4 Å². The van der Waals surface area contributed by atoms with Crippen molar-refractivity contribution in [2.45, 2.75) is 97.8 Å². The van der Waals surface area contributed by atoms with Gasteiger partial charge in [0.1, 0.15) is 24.2 Å². The van der Waals surface area contributed by atoms with Crippen LogP contribution in [-0.2, 0) is 24.0 Å². The van der Waals surface area contributed by atoms with Crippen LogP contribution in [0.25, 0.3) is 0 Å². The number of aliphatic imine (C=N–C) groups is 1. The van der Waals surface area contributed by atoms with Crippen molar-refractivity contribution in [3.8, 4) is 0 Å². The number of amides is 6. The molecule has 0 aliphatic carbocycles. The molecule has 0 unspecified atom stereocenters. The predicted molar refractivity (Wildman–Crippen MR) is 178 cm³/mol. The lowest BCUT2D eigenvalue weighted by Gasteiger charge is -2.27. The monoisotopic (exact) mass is 679 g/mol. The van der Waals surface area contributed by atoms with Crippen molar-refractivity contribution in [1.82, 2.24) is 41.8 Å². The topological polar surface area (TPSA) is 321 Å². The maximum absolute atomic E-state index is 13.4. The minimum atomic E-state index is -1.09. The summed E-state index contributed by atoms with van der Waals surface area (Å²) in [6.45, 7) is 10.7. The Hall–Kier alpha value is -4.97. The van der Waals surface area contributed by atoms with Gasteiger partial charge in [-0.2, -0.15) is 4.98 Å². The summed E-state index contributed by atoms with van der Waals surface area (Å²) in [6, 6.07) is -4.13. The summed E-state index contributed by atoms with van der Waals surface area (Å²) < 4.78 is 0. The van der Waals surface area contributed by atoms with Crippen LogP contribution in [0.2, 0.25) is 0 Å². The van der Waals surface area contributed by atoms with E-state index in [9.17, 15) is 28.8 Å². The molecular weight excluding hydrogens is 626 g/mol. The minimum Gasteiger partial charge on any atom is -0.370 e. The normalized spacial score (nSPS) is 14.2. The van der Waals surface area contributed by atoms with E-state index in [4.69, 9.17) is 22.9 Å². The van der Waals surface area contributed by atoms with Crippen LogP contribution in [0.3, 0.4) is 0 Å². The molecule has 6 amide bonds. The van der Waals surface area contributed by atoms with Gasteiger partial charge in [0.25, 0.3) is 5.91 Å². The standard InChI is InChI=1S/C29H53N13O6/c1-7-16(6)21(39-25(46)19(12-15(4)5)38-27(48)23-40-29(33)42-41-23)26(47)35-13-20(43)36-17(9-8-10-34-28(31)32)24(45)37-18(22(30)44)11-14(2)3/h14-19,21H,7-13H2,1-6H3,(H2,30,44)(H,35,47)(H,36,43)(H,37,45)(H,38,48)(H,39,46)(H4,31,32,34)(H3,33,40,41,42)/t16-,17-,18-,19-,21-/m0/s1. The van der Waals surface area contributed by atoms with E-state index in [1.54, 1.807) is 6.92 Å². The molecule has 0 fully saturated rings. The van der Waals surface area contributed by atoms with Gasteiger partial charge in [-0.15, -0.1) is 5.10 Å². The summed E-state index contributed by atoms with van der Waals surface area (Å²) in [5, 5.41) is 19.0. The van der Waals surface area contributed by atoms with Crippen LogP contribution in [-0.4, -0.2) is 93.8 Å². The third-order valence-corrected chi connectivity index (χ3v) is 7.23. The number of anilines is 1. The molecule has 1 aromatic heterocycles. The maximum Gasteiger partial charge on any atom is 0.289 e. The molecule has 14 N–H and O–H groups in total. The van der Waals surface area contributed by atoms with E-state index < -0.39 is 66.2 Å². The van der Waals surface area contributed by atoms with E-state index in [2.05, 4.69) is 46.8 Å². The van der Waals surface area contributed by atoms with E-state index in [0.29, 0.717) is 19.3 Å². The van der Waals surface area contributed by atoms with Crippen molar-refractivity contribution in [3.05, 3.63) is 5.82 Å². The van der Waals surface area contributed by atoms with Crippen LogP contribution in [0.1, 0.15) is 84.3 Å². The fourth-order valence-corrected chi connectivity index (χ4v) is 4.55. The number of nitrogens with two attached hydrogens (primary N) is 4. The first-order valence-electron chi connectivity index (χ1n) is 16.0. The first-order chi connectivity index (χ1) is 22.4. The van der Waals surface area contributed by atoms with E-state index in [1.807, 2.05) is 34.6 Å². The van der Waals surface area contributed by atoms with Crippen LogP contribution in [0.15, 0.2) is 4.99 Å². The van der Waals surface area contributed by atoms with Gasteiger partial charge >= 0.3 is 0 Å². The zero-order valence-corrected chi connectivity index (χ0v) is 28.6. The van der Waals surface area contributed by atoms with Crippen LogP contribution >= 0.6 is 0 Å². The molecule has 5 atom stereocenters. The molecule has 0 aliphatic rings. The van der Waals surface area contributed by atoms with Gasteiger partial charge in [0.15, 0.2) is 5.96 Å². The largest absolute Gasteiger partial charge is 0.370 e. The number of rotatable bonds is 21. The molecule has 1 heterocycles. The highest BCUT2D eigenvalue weighted by Crippen LogP contribution is 2.12. The fourth-order valence-electron chi connectivity index (χ4n) is 4.55. The highest BCUT2D eigenvalue weighted by atomic mass is 16.2. The van der Waals surface area contributed by atoms with Crippen molar-refractivity contribution >= 4 is 47.4 Å². The summed E-state index contributed by atoms with van der Waals surface area (Å²) in [7, 11) is 0. The van der Waals surface area contributed by atoms with Gasteiger partial charge in [-0.25, -0.2) is 0 Å². The second-order valence-electron chi connectivity index (χ2n) is 12.4. The summed E-state index contributed by atoms with van der Waals surface area (Å²) in [4.78, 5) is 84.9. The zero-order valence-electron chi connectivity index (χ0n) is 28.6. The SMILES string of the molecule is CC[C@H](C)[C@H](NC(=O)[C@H](CC(C)C)NC(=O)c1nc(N)n[nH]1)C(=O)NCC(=O)N[C@@H](CCCN=C(N)N)C(=O)N[C@@H](CC(C)C)C(N)=O. The molecule has 0 radical (unpaired) electrons. The number of primary amides is 1.